The molecule has 8 rings (SSSR count). The van der Waals surface area contributed by atoms with E-state index >= 15 is 4.79 Å². The van der Waals surface area contributed by atoms with Crippen LogP contribution in [0.15, 0.2) is 76.9 Å². The van der Waals surface area contributed by atoms with E-state index in [9.17, 15) is 29.7 Å². The van der Waals surface area contributed by atoms with E-state index in [1.807, 2.05) is 46.8 Å². The topological polar surface area (TPSA) is 232 Å². The normalized spacial score (nSPS) is 30.1. The Hall–Kier alpha value is -5.50. The van der Waals surface area contributed by atoms with Crippen LogP contribution in [0.4, 0.5) is 0 Å². The molecule has 75 heavy (non-hydrogen) atoms. The summed E-state index contributed by atoms with van der Waals surface area (Å²) in [5.41, 5.74) is -2.47. The van der Waals surface area contributed by atoms with Gasteiger partial charge in [-0.3, -0.25) is 9.59 Å². The average Bonchev–Trinajstić information content (AvgIpc) is 3.86. The summed E-state index contributed by atoms with van der Waals surface area (Å²) in [6.45, 7) is 19.7. The Labute approximate surface area is 438 Å². The Kier molecular flexibility index (Phi) is 15.7. The Morgan fingerprint density at radius 3 is 2.27 bits per heavy atom. The van der Waals surface area contributed by atoms with Gasteiger partial charge < -0.3 is 63.1 Å². The van der Waals surface area contributed by atoms with Crippen molar-refractivity contribution in [2.45, 2.75) is 155 Å². The van der Waals surface area contributed by atoms with Crippen molar-refractivity contribution in [3.63, 3.8) is 0 Å². The van der Waals surface area contributed by atoms with E-state index in [0.29, 0.717) is 29.7 Å². The summed E-state index contributed by atoms with van der Waals surface area (Å²) in [6, 6.07) is 5.85. The Morgan fingerprint density at radius 1 is 0.893 bits per heavy atom. The second-order valence-corrected chi connectivity index (χ2v) is 22.3. The van der Waals surface area contributed by atoms with Gasteiger partial charge in [-0.1, -0.05) is 35.5 Å². The molecular weight excluding hydrogens is 969 g/mol. The summed E-state index contributed by atoms with van der Waals surface area (Å²) < 4.78 is 54.9. The van der Waals surface area contributed by atoms with Crippen molar-refractivity contribution in [1.29, 1.82) is 0 Å². The van der Waals surface area contributed by atoms with E-state index in [-0.39, 0.29) is 91.2 Å². The van der Waals surface area contributed by atoms with Crippen LogP contribution in [0.25, 0.3) is 6.08 Å². The molecule has 2 aromatic rings. The monoisotopic (exact) mass is 1040 g/mol. The molecule has 10 atom stereocenters. The molecule has 0 radical (unpaired) electrons. The number of rotatable bonds is 18. The summed E-state index contributed by atoms with van der Waals surface area (Å²) in [6.07, 6.45) is 6.62. The molecule has 1 saturated carbocycles. The van der Waals surface area contributed by atoms with E-state index in [1.165, 1.54) is 24.3 Å². The Bertz CT molecular complexity index is 2730. The molecule has 4 heterocycles. The first-order chi connectivity index (χ1) is 35.2. The van der Waals surface area contributed by atoms with Crippen LogP contribution in [0, 0.1) is 17.3 Å². The maximum atomic E-state index is 15.8. The van der Waals surface area contributed by atoms with Crippen LogP contribution in [0.5, 0.6) is 23.0 Å². The highest BCUT2D eigenvalue weighted by Crippen LogP contribution is 2.69. The van der Waals surface area contributed by atoms with Crippen LogP contribution in [-0.4, -0.2) is 130 Å². The van der Waals surface area contributed by atoms with Crippen LogP contribution < -0.4 is 18.9 Å². The zero-order valence-corrected chi connectivity index (χ0v) is 44.8. The fourth-order valence-corrected chi connectivity index (χ4v) is 11.5. The maximum Gasteiger partial charge on any atom is 0.343 e. The number of benzene rings is 2. The van der Waals surface area contributed by atoms with Crippen LogP contribution >= 0.6 is 0 Å². The van der Waals surface area contributed by atoms with E-state index < -0.39 is 88.3 Å². The van der Waals surface area contributed by atoms with Crippen molar-refractivity contribution in [2.24, 2.45) is 17.3 Å². The summed E-state index contributed by atoms with van der Waals surface area (Å²) in [5, 5.41) is 43.1. The van der Waals surface area contributed by atoms with E-state index in [1.54, 1.807) is 59.8 Å². The maximum absolute atomic E-state index is 15.8. The number of ketones is 2. The molecule has 2 aromatic carbocycles. The van der Waals surface area contributed by atoms with Crippen molar-refractivity contribution in [2.75, 3.05) is 33.0 Å². The first kappa shape index (κ1) is 55.7. The number of hydrogen-bond acceptors (Lipinski definition) is 17. The zero-order valence-electron chi connectivity index (χ0n) is 44.8. The van der Waals surface area contributed by atoms with Gasteiger partial charge in [0.05, 0.1) is 54.5 Å². The van der Waals surface area contributed by atoms with Gasteiger partial charge in [0.25, 0.3) is 0 Å². The lowest BCUT2D eigenvalue weighted by Gasteiger charge is -2.48. The van der Waals surface area contributed by atoms with Gasteiger partial charge in [0.1, 0.15) is 59.4 Å². The third kappa shape index (κ3) is 10.7. The molecule has 0 amide bonds. The Morgan fingerprint density at radius 2 is 1.60 bits per heavy atom. The van der Waals surface area contributed by atoms with Gasteiger partial charge in [-0.05, 0) is 138 Å². The summed E-state index contributed by atoms with van der Waals surface area (Å²) in [4.78, 5) is 58.5. The van der Waals surface area contributed by atoms with Crippen molar-refractivity contribution in [3.05, 3.63) is 99.2 Å². The van der Waals surface area contributed by atoms with Gasteiger partial charge in [-0.25, -0.2) is 9.59 Å². The zero-order chi connectivity index (χ0) is 54.6. The first-order valence-electron chi connectivity index (χ1n) is 25.7. The molecule has 4 N–H and O–H groups in total. The van der Waals surface area contributed by atoms with Gasteiger partial charge >= 0.3 is 11.9 Å². The average molecular weight is 1040 g/mol. The fraction of sp³-hybridized carbons (Fsp3) is 0.552. The highest BCUT2D eigenvalue weighted by molar-refractivity contribution is 6.19. The lowest BCUT2D eigenvalue weighted by molar-refractivity contribution is -0.373. The van der Waals surface area contributed by atoms with Crippen molar-refractivity contribution >= 4 is 29.6 Å². The molecule has 17 nitrogen and oxygen atoms in total. The number of ether oxygens (including phenoxy) is 9. The van der Waals surface area contributed by atoms with E-state index in [4.69, 9.17) is 47.7 Å². The third-order valence-electron chi connectivity index (χ3n) is 14.9. The molecule has 0 aromatic heterocycles. The molecule has 17 heteroatoms. The van der Waals surface area contributed by atoms with Crippen LogP contribution in [0.2, 0.25) is 0 Å². The van der Waals surface area contributed by atoms with Crippen LogP contribution in [0.3, 0.4) is 0 Å². The number of allylic oxidation sites excluding steroid dienone is 6. The SMILES string of the molecule is CC(C)=CCCC1(C)C=Cc2c(c(CC=C(C)C)c3c(c2OC(=O)c2ccc(O[C@@H]4O[C@@H]5COC(C)(C)O[C@H]5[C@H](O)[C@H]4O)cc2)C(=O)C2=CC4(C)C(=O)C(C/C=C(/C)C(=O)OCCOCCO)C2(O3)C4C(C)(C)O)O1. The number of aliphatic hydroxyl groups is 4. The van der Waals surface area contributed by atoms with Crippen molar-refractivity contribution in [1.82, 2.24) is 0 Å². The predicted molar refractivity (Wildman–Crippen MR) is 273 cm³/mol. The molecular formula is C58H72O17. The van der Waals surface area contributed by atoms with Crippen LogP contribution in [-0.2, 0) is 39.7 Å². The molecule has 3 fully saturated rings. The molecule has 5 unspecified atom stereocenters. The number of Topliss-reactive ketones (excluding diaryl/α,β-unsaturated/α-hetero) is 2. The third-order valence-corrected chi connectivity index (χ3v) is 14.9. The molecule has 2 saturated heterocycles. The van der Waals surface area contributed by atoms with Crippen molar-refractivity contribution < 1.29 is 82.2 Å². The fourth-order valence-electron chi connectivity index (χ4n) is 11.5. The highest BCUT2D eigenvalue weighted by Gasteiger charge is 2.77. The lowest BCUT2D eigenvalue weighted by Crippen LogP contribution is -2.65. The van der Waals surface area contributed by atoms with Crippen LogP contribution in [0.1, 0.15) is 127 Å². The summed E-state index contributed by atoms with van der Waals surface area (Å²) >= 11 is 0. The smallest absolute Gasteiger partial charge is 0.343 e. The second kappa shape index (κ2) is 21.1. The minimum absolute atomic E-state index is 0.0379. The van der Waals surface area contributed by atoms with Gasteiger partial charge in [-0.2, -0.15) is 0 Å². The van der Waals surface area contributed by atoms with Gasteiger partial charge in [-0.15, -0.1) is 0 Å². The number of fused-ring (bicyclic) bond motifs is 4. The molecule has 6 aliphatic rings. The minimum atomic E-state index is -1.77. The lowest BCUT2D eigenvalue weighted by atomic mass is 9.68. The number of esters is 2. The van der Waals surface area contributed by atoms with E-state index in [2.05, 4.69) is 6.08 Å². The minimum Gasteiger partial charge on any atom is -0.482 e. The van der Waals surface area contributed by atoms with Gasteiger partial charge in [0.15, 0.2) is 28.7 Å². The molecule has 2 aliphatic carbocycles. The first-order valence-corrected chi connectivity index (χ1v) is 25.7. The summed E-state index contributed by atoms with van der Waals surface area (Å²) in [5.74, 6) is -5.00. The van der Waals surface area contributed by atoms with Gasteiger partial charge in [0.2, 0.25) is 6.29 Å². The molecule has 4 aliphatic heterocycles. The molecule has 1 spiro atoms. The standard InChI is InChI=1S/C58H72O17/c1-31(2)13-12-23-56(10)24-22-37-45(74-56)36(20-14-32(3)4)47-41(46(37)72-51(65)34-16-18-35(19-17-34)70-52-44(62)43(61)48-40(71-52)30-69-55(8,9)73-48)42(60)39-29-57(11)49(63)38(58(39,75-47)53(57)54(6,7)66)21-15-33(5)50(64)68-28-27-67-26-25-59/h13-19,22,24,29,38,40,43-44,48,52-53,59,61-62,66H,12,20-21,23,25-28,30H2,1-11H3/b33-15-/t38?,40-,43-,44-,48-,52-,53?,56?,57?,58?/m1/s1. The largest absolute Gasteiger partial charge is 0.482 e. The number of carbonyl (C=O) groups is 4. The van der Waals surface area contributed by atoms with Gasteiger partial charge in [0, 0.05) is 22.6 Å². The number of hydrogen-bond donors (Lipinski definition) is 4. The quantitative estimate of drug-likeness (QED) is 0.0386. The molecule has 2 bridgehead atoms. The van der Waals surface area contributed by atoms with Crippen molar-refractivity contribution in [3.8, 4) is 23.0 Å². The molecule has 406 valence electrons. The number of carbonyl (C=O) groups excluding carboxylic acids is 4. The Balaban J connectivity index is 1.20. The summed E-state index contributed by atoms with van der Waals surface area (Å²) in [7, 11) is 0. The number of aliphatic hydroxyl groups excluding tert-OH is 3. The second-order valence-electron chi connectivity index (χ2n) is 22.3. The van der Waals surface area contributed by atoms with E-state index in [0.717, 1.165) is 11.1 Å². The predicted octanol–water partition coefficient (Wildman–Crippen LogP) is 7.04. The highest BCUT2D eigenvalue weighted by atomic mass is 16.8.